The summed E-state index contributed by atoms with van der Waals surface area (Å²) in [6.07, 6.45) is 6.38. The van der Waals surface area contributed by atoms with Crippen molar-refractivity contribution in [2.75, 3.05) is 7.05 Å². The van der Waals surface area contributed by atoms with Gasteiger partial charge in [0.15, 0.2) is 0 Å². The number of hydrogen-bond donors (Lipinski definition) is 2. The lowest BCUT2D eigenvalue weighted by Gasteiger charge is -2.39. The number of H-pyrrole nitrogens is 1. The number of carbonyl (C=O) groups is 2. The fourth-order valence-corrected chi connectivity index (χ4v) is 3.59. The predicted molar refractivity (Wildman–Crippen MR) is 94.0 cm³/mol. The summed E-state index contributed by atoms with van der Waals surface area (Å²) in [5.74, 6) is -0.00497. The zero-order valence-electron chi connectivity index (χ0n) is 15.0. The number of amides is 2. The number of likely N-dealkylation sites (N-methyl/N-ethyl adjacent to an activating group) is 1. The van der Waals surface area contributed by atoms with Crippen LogP contribution in [0.4, 0.5) is 0 Å². The van der Waals surface area contributed by atoms with E-state index in [1.165, 1.54) is 0 Å². The fraction of sp³-hybridized carbons (Fsp3) is 0.500. The Morgan fingerprint density at radius 2 is 2.20 bits per heavy atom. The maximum absolute atomic E-state index is 12.8. The third-order valence-electron chi connectivity index (χ3n) is 4.92. The Morgan fingerprint density at radius 3 is 2.88 bits per heavy atom. The summed E-state index contributed by atoms with van der Waals surface area (Å²) < 4.78 is 1.76. The van der Waals surface area contributed by atoms with Crippen molar-refractivity contribution >= 4 is 11.8 Å². The van der Waals surface area contributed by atoms with E-state index in [0.29, 0.717) is 18.4 Å². The maximum Gasteiger partial charge on any atom is 0.253 e. The summed E-state index contributed by atoms with van der Waals surface area (Å²) in [7, 11) is 3.64. The van der Waals surface area contributed by atoms with Gasteiger partial charge >= 0.3 is 0 Å². The lowest BCUT2D eigenvalue weighted by Crippen LogP contribution is -2.51. The molecule has 25 heavy (non-hydrogen) atoms. The first-order valence-corrected chi connectivity index (χ1v) is 8.73. The molecular formula is C18H25N5O2. The highest BCUT2D eigenvalue weighted by Gasteiger charge is 2.37. The van der Waals surface area contributed by atoms with Gasteiger partial charge in [-0.3, -0.25) is 14.3 Å². The Kier molecular flexibility index (Phi) is 4.92. The highest BCUT2D eigenvalue weighted by Crippen LogP contribution is 2.30. The van der Waals surface area contributed by atoms with Gasteiger partial charge in [0.2, 0.25) is 5.91 Å². The summed E-state index contributed by atoms with van der Waals surface area (Å²) >= 11 is 0. The zero-order valence-corrected chi connectivity index (χ0v) is 15.0. The number of carbonyl (C=O) groups excluding carboxylic acids is 2. The van der Waals surface area contributed by atoms with Crippen LogP contribution in [0.2, 0.25) is 0 Å². The molecule has 1 aliphatic rings. The molecule has 134 valence electrons. The first-order valence-electron chi connectivity index (χ1n) is 8.73. The largest absolute Gasteiger partial charge is 0.364 e. The number of aromatic amines is 1. The van der Waals surface area contributed by atoms with Gasteiger partial charge in [-0.05, 0) is 25.0 Å². The number of aryl methyl sites for hydroxylation is 2. The molecule has 0 bridgehead atoms. The Labute approximate surface area is 147 Å². The first-order chi connectivity index (χ1) is 12.0. The number of nitrogens with one attached hydrogen (secondary N) is 2. The van der Waals surface area contributed by atoms with Crippen molar-refractivity contribution < 1.29 is 9.59 Å². The van der Waals surface area contributed by atoms with Crippen LogP contribution in [0.15, 0.2) is 24.5 Å². The molecule has 2 atom stereocenters. The van der Waals surface area contributed by atoms with E-state index in [2.05, 4.69) is 22.3 Å². The van der Waals surface area contributed by atoms with E-state index in [1.807, 2.05) is 19.2 Å². The standard InChI is InChI=1S/C18H25N5O2/c1-4-5-13-12(8-10-19-13)18(25)21-14-6-7-16(24)22(2)17(14)15-9-11-20-23(15)3/h8-11,14,17,19H,4-7H2,1-3H3,(H,21,25)/t14-,17-/m1/s1. The molecule has 2 aromatic heterocycles. The van der Waals surface area contributed by atoms with Crippen LogP contribution in [0.1, 0.15) is 54.0 Å². The van der Waals surface area contributed by atoms with Crippen molar-refractivity contribution in [3.63, 3.8) is 0 Å². The molecule has 0 spiro atoms. The SMILES string of the molecule is CCCc1[nH]ccc1C(=O)N[C@@H]1CCC(=O)N(C)[C@H]1c1ccnn1C. The number of nitrogens with zero attached hydrogens (tertiary/aromatic N) is 3. The maximum atomic E-state index is 12.8. The highest BCUT2D eigenvalue weighted by molar-refractivity contribution is 5.95. The normalized spacial score (nSPS) is 20.8. The van der Waals surface area contributed by atoms with E-state index in [1.54, 1.807) is 29.0 Å². The van der Waals surface area contributed by atoms with Gasteiger partial charge in [-0.25, -0.2) is 0 Å². The van der Waals surface area contributed by atoms with E-state index >= 15 is 0 Å². The van der Waals surface area contributed by atoms with Crippen LogP contribution in [0, 0.1) is 0 Å². The molecule has 3 heterocycles. The zero-order chi connectivity index (χ0) is 18.0. The Bertz CT molecular complexity index is 763. The molecule has 0 aromatic carbocycles. The van der Waals surface area contributed by atoms with Gasteiger partial charge in [-0.15, -0.1) is 0 Å². The number of piperidine rings is 1. The molecule has 0 radical (unpaired) electrons. The minimum atomic E-state index is -0.216. The van der Waals surface area contributed by atoms with Gasteiger partial charge < -0.3 is 15.2 Å². The van der Waals surface area contributed by atoms with Crippen LogP contribution in [0.3, 0.4) is 0 Å². The van der Waals surface area contributed by atoms with Crippen LogP contribution in [-0.2, 0) is 18.3 Å². The van der Waals surface area contributed by atoms with Crippen LogP contribution < -0.4 is 5.32 Å². The van der Waals surface area contributed by atoms with Crippen LogP contribution in [0.25, 0.3) is 0 Å². The van der Waals surface area contributed by atoms with Crippen molar-refractivity contribution in [1.29, 1.82) is 0 Å². The van der Waals surface area contributed by atoms with E-state index < -0.39 is 0 Å². The minimum absolute atomic E-state index is 0.0880. The van der Waals surface area contributed by atoms with Crippen LogP contribution >= 0.6 is 0 Å². The fourth-order valence-electron chi connectivity index (χ4n) is 3.59. The molecule has 3 rings (SSSR count). The Hall–Kier alpha value is -2.57. The molecule has 7 nitrogen and oxygen atoms in total. The molecule has 0 aliphatic carbocycles. The molecule has 7 heteroatoms. The molecule has 1 fully saturated rings. The average Bonchev–Trinajstić information content (AvgIpc) is 3.21. The van der Waals surface area contributed by atoms with Gasteiger partial charge in [0.25, 0.3) is 5.91 Å². The molecule has 2 aromatic rings. The summed E-state index contributed by atoms with van der Waals surface area (Å²) in [5.41, 5.74) is 2.56. The van der Waals surface area contributed by atoms with E-state index in [0.717, 1.165) is 24.2 Å². The third-order valence-corrected chi connectivity index (χ3v) is 4.92. The van der Waals surface area contributed by atoms with Crippen molar-refractivity contribution in [2.24, 2.45) is 7.05 Å². The van der Waals surface area contributed by atoms with Crippen molar-refractivity contribution in [3.8, 4) is 0 Å². The molecule has 0 unspecified atom stereocenters. The van der Waals surface area contributed by atoms with E-state index in [9.17, 15) is 9.59 Å². The minimum Gasteiger partial charge on any atom is -0.364 e. The van der Waals surface area contributed by atoms with Gasteiger partial charge in [0.05, 0.1) is 23.3 Å². The molecular weight excluding hydrogens is 318 g/mol. The van der Waals surface area contributed by atoms with Gasteiger partial charge in [-0.1, -0.05) is 13.3 Å². The smallest absolute Gasteiger partial charge is 0.253 e. The van der Waals surface area contributed by atoms with Gasteiger partial charge in [0.1, 0.15) is 0 Å². The van der Waals surface area contributed by atoms with Crippen molar-refractivity contribution in [2.45, 2.75) is 44.7 Å². The monoisotopic (exact) mass is 343 g/mol. The second-order valence-corrected chi connectivity index (χ2v) is 6.57. The third kappa shape index (κ3) is 3.31. The summed E-state index contributed by atoms with van der Waals surface area (Å²) in [5, 5.41) is 7.36. The lowest BCUT2D eigenvalue weighted by atomic mass is 9.93. The molecule has 1 saturated heterocycles. The predicted octanol–water partition coefficient (Wildman–Crippen LogP) is 1.79. The average molecular weight is 343 g/mol. The number of likely N-dealkylation sites (tertiary alicyclic amines) is 1. The summed E-state index contributed by atoms with van der Waals surface area (Å²) in [4.78, 5) is 29.9. The quantitative estimate of drug-likeness (QED) is 0.868. The lowest BCUT2D eigenvalue weighted by molar-refractivity contribution is -0.136. The van der Waals surface area contributed by atoms with Gasteiger partial charge in [-0.2, -0.15) is 5.10 Å². The topological polar surface area (TPSA) is 83.0 Å². The van der Waals surface area contributed by atoms with Crippen LogP contribution in [0.5, 0.6) is 0 Å². The van der Waals surface area contributed by atoms with E-state index in [-0.39, 0.29) is 23.9 Å². The number of aromatic nitrogens is 3. The highest BCUT2D eigenvalue weighted by atomic mass is 16.2. The summed E-state index contributed by atoms with van der Waals surface area (Å²) in [6, 6.07) is 3.36. The molecule has 2 amide bonds. The second kappa shape index (κ2) is 7.13. The molecule has 1 aliphatic heterocycles. The molecule has 2 N–H and O–H groups in total. The van der Waals surface area contributed by atoms with Crippen molar-refractivity contribution in [1.82, 2.24) is 25.0 Å². The van der Waals surface area contributed by atoms with Crippen LogP contribution in [-0.4, -0.2) is 44.6 Å². The van der Waals surface area contributed by atoms with Crippen molar-refractivity contribution in [3.05, 3.63) is 41.5 Å². The summed E-state index contributed by atoms with van der Waals surface area (Å²) in [6.45, 7) is 2.09. The Morgan fingerprint density at radius 1 is 1.40 bits per heavy atom. The Balaban J connectivity index is 1.84. The second-order valence-electron chi connectivity index (χ2n) is 6.57. The first kappa shape index (κ1) is 17.3. The molecule has 0 saturated carbocycles. The van der Waals surface area contributed by atoms with E-state index in [4.69, 9.17) is 0 Å². The number of hydrogen-bond acceptors (Lipinski definition) is 3. The number of rotatable bonds is 5. The van der Waals surface area contributed by atoms with Gasteiger partial charge in [0, 0.05) is 38.6 Å².